The Hall–Kier alpha value is -2.99. The maximum atomic E-state index is 13.0. The van der Waals surface area contributed by atoms with Crippen LogP contribution in [-0.2, 0) is 11.3 Å². The number of aromatic nitrogens is 2. The summed E-state index contributed by atoms with van der Waals surface area (Å²) in [6.07, 6.45) is 0.888. The number of rotatable bonds is 5. The topological polar surface area (TPSA) is 64.0 Å². The van der Waals surface area contributed by atoms with Gasteiger partial charge < -0.3 is 5.32 Å². The molecule has 6 heteroatoms. The highest BCUT2D eigenvalue weighted by Gasteiger charge is 2.14. The van der Waals surface area contributed by atoms with Crippen molar-refractivity contribution in [1.82, 2.24) is 9.78 Å². The van der Waals surface area contributed by atoms with Gasteiger partial charge in [0.1, 0.15) is 0 Å². The third kappa shape index (κ3) is 3.68. The summed E-state index contributed by atoms with van der Waals surface area (Å²) in [6, 6.07) is 13.8. The molecule has 0 bridgehead atoms. The summed E-state index contributed by atoms with van der Waals surface area (Å²) < 4.78 is 3.54. The van der Waals surface area contributed by atoms with E-state index >= 15 is 0 Å². The number of aryl methyl sites for hydroxylation is 3. The molecule has 0 saturated carbocycles. The first kappa shape index (κ1) is 19.3. The average molecular weight is 406 g/mol. The number of carbonyl (C=O) groups excluding carboxylic acids is 1. The molecule has 0 spiro atoms. The van der Waals surface area contributed by atoms with Crippen molar-refractivity contribution < 1.29 is 4.79 Å². The second-order valence-electron chi connectivity index (χ2n) is 7.32. The van der Waals surface area contributed by atoms with E-state index < -0.39 is 0 Å². The van der Waals surface area contributed by atoms with Crippen LogP contribution in [0.5, 0.6) is 0 Å². The van der Waals surface area contributed by atoms with E-state index in [9.17, 15) is 9.59 Å². The molecule has 2 aromatic heterocycles. The molecule has 2 aromatic carbocycles. The number of thiophene rings is 1. The average Bonchev–Trinajstić information content (AvgIpc) is 3.10. The van der Waals surface area contributed by atoms with Gasteiger partial charge in [0.25, 0.3) is 5.56 Å². The van der Waals surface area contributed by atoms with Crippen LogP contribution in [0.1, 0.15) is 29.7 Å². The molecule has 1 amide bonds. The van der Waals surface area contributed by atoms with Crippen molar-refractivity contribution in [1.29, 1.82) is 0 Å². The molecule has 0 saturated heterocycles. The van der Waals surface area contributed by atoms with Crippen LogP contribution in [0.3, 0.4) is 0 Å². The predicted octanol–water partition coefficient (Wildman–Crippen LogP) is 4.96. The number of fused-ring (bicyclic) bond motifs is 3. The number of nitrogens with one attached hydrogen (secondary N) is 1. The summed E-state index contributed by atoms with van der Waals surface area (Å²) in [4.78, 5) is 25.4. The Morgan fingerprint density at radius 1 is 1.10 bits per heavy atom. The number of anilines is 1. The summed E-state index contributed by atoms with van der Waals surface area (Å²) in [6.45, 7) is 6.37. The lowest BCUT2D eigenvalue weighted by molar-refractivity contribution is -0.116. The van der Waals surface area contributed by atoms with E-state index in [1.165, 1.54) is 4.68 Å². The smallest absolute Gasteiger partial charge is 0.276 e. The summed E-state index contributed by atoms with van der Waals surface area (Å²) in [5.74, 6) is -0.0504. The zero-order chi connectivity index (χ0) is 20.5. The van der Waals surface area contributed by atoms with E-state index in [1.807, 2.05) is 63.2 Å². The van der Waals surface area contributed by atoms with Gasteiger partial charge in [0.15, 0.2) is 0 Å². The molecule has 0 aliphatic heterocycles. The molecule has 0 unspecified atom stereocenters. The molecule has 1 N–H and O–H groups in total. The lowest BCUT2D eigenvalue weighted by Gasteiger charge is -2.11. The lowest BCUT2D eigenvalue weighted by Crippen LogP contribution is -2.24. The number of nitrogens with zero attached hydrogens (tertiary/aromatic N) is 2. The van der Waals surface area contributed by atoms with Gasteiger partial charge in [-0.2, -0.15) is 5.10 Å². The molecule has 4 rings (SSSR count). The fourth-order valence-electron chi connectivity index (χ4n) is 3.55. The minimum atomic E-state index is -0.0852. The van der Waals surface area contributed by atoms with Crippen LogP contribution in [0.2, 0.25) is 0 Å². The lowest BCUT2D eigenvalue weighted by atomic mass is 10.1. The van der Waals surface area contributed by atoms with E-state index in [0.29, 0.717) is 19.4 Å². The van der Waals surface area contributed by atoms with Crippen molar-refractivity contribution in [2.75, 3.05) is 5.32 Å². The van der Waals surface area contributed by atoms with Crippen LogP contribution in [0.25, 0.3) is 20.2 Å². The molecule has 0 radical (unpaired) electrons. The molecule has 148 valence electrons. The van der Waals surface area contributed by atoms with Crippen molar-refractivity contribution in [2.45, 2.75) is 40.2 Å². The van der Waals surface area contributed by atoms with Gasteiger partial charge in [-0.05, 0) is 50.5 Å². The van der Waals surface area contributed by atoms with E-state index in [2.05, 4.69) is 10.4 Å². The summed E-state index contributed by atoms with van der Waals surface area (Å²) in [5.41, 5.74) is 3.82. The third-order valence-corrected chi connectivity index (χ3v) is 6.58. The monoisotopic (exact) mass is 405 g/mol. The molecule has 0 atom stereocenters. The van der Waals surface area contributed by atoms with Gasteiger partial charge in [-0.15, -0.1) is 11.3 Å². The predicted molar refractivity (Wildman–Crippen MR) is 120 cm³/mol. The number of carbonyl (C=O) groups is 1. The molecule has 29 heavy (non-hydrogen) atoms. The first-order valence-corrected chi connectivity index (χ1v) is 10.5. The Morgan fingerprint density at radius 3 is 2.72 bits per heavy atom. The minimum absolute atomic E-state index is 0.0504. The number of amides is 1. The van der Waals surface area contributed by atoms with Crippen LogP contribution >= 0.6 is 11.3 Å². The van der Waals surface area contributed by atoms with Crippen LogP contribution in [0.15, 0.2) is 47.3 Å². The van der Waals surface area contributed by atoms with Crippen molar-refractivity contribution in [3.63, 3.8) is 0 Å². The van der Waals surface area contributed by atoms with E-state index in [0.717, 1.165) is 42.7 Å². The summed E-state index contributed by atoms with van der Waals surface area (Å²) in [5, 5.41) is 9.16. The highest BCUT2D eigenvalue weighted by molar-refractivity contribution is 7.26. The molecule has 5 nitrogen and oxygen atoms in total. The zero-order valence-corrected chi connectivity index (χ0v) is 17.6. The maximum Gasteiger partial charge on any atom is 0.276 e. The Morgan fingerprint density at radius 2 is 1.90 bits per heavy atom. The minimum Gasteiger partial charge on any atom is -0.326 e. The van der Waals surface area contributed by atoms with Crippen LogP contribution in [0.4, 0.5) is 5.69 Å². The Kier molecular flexibility index (Phi) is 5.20. The molecular formula is C23H23N3O2S. The molecule has 4 aromatic rings. The van der Waals surface area contributed by atoms with Gasteiger partial charge in [0, 0.05) is 28.7 Å². The maximum absolute atomic E-state index is 13.0. The van der Waals surface area contributed by atoms with Gasteiger partial charge in [-0.1, -0.05) is 30.3 Å². The van der Waals surface area contributed by atoms with Crippen LogP contribution in [-0.4, -0.2) is 15.7 Å². The molecule has 0 fully saturated rings. The number of benzene rings is 2. The molecular weight excluding hydrogens is 382 g/mol. The van der Waals surface area contributed by atoms with Gasteiger partial charge in [0.05, 0.1) is 15.8 Å². The fourth-order valence-corrected chi connectivity index (χ4v) is 4.69. The van der Waals surface area contributed by atoms with Crippen LogP contribution in [0, 0.1) is 20.8 Å². The van der Waals surface area contributed by atoms with Gasteiger partial charge >= 0.3 is 0 Å². The van der Waals surface area contributed by atoms with Crippen molar-refractivity contribution in [3.05, 3.63) is 69.6 Å². The highest BCUT2D eigenvalue weighted by Crippen LogP contribution is 2.32. The first-order valence-electron chi connectivity index (χ1n) is 9.70. The van der Waals surface area contributed by atoms with Crippen molar-refractivity contribution >= 4 is 43.1 Å². The highest BCUT2D eigenvalue weighted by atomic mass is 32.1. The van der Waals surface area contributed by atoms with Crippen LogP contribution < -0.4 is 10.9 Å². The van der Waals surface area contributed by atoms with E-state index in [1.54, 1.807) is 11.3 Å². The largest absolute Gasteiger partial charge is 0.326 e. The first-order chi connectivity index (χ1) is 14.0. The standard InChI is InChI=1S/C23H23N3O2S/c1-14-8-6-10-18(15(14)2)24-20(27)12-7-13-26-23(28)21-17-9-4-5-11-19(17)29-22(21)16(3)25-26/h4-6,8-11H,7,12-13H2,1-3H3,(H,24,27). The molecule has 0 aliphatic carbocycles. The van der Waals surface area contributed by atoms with Gasteiger partial charge in [-0.25, -0.2) is 4.68 Å². The number of hydrogen-bond acceptors (Lipinski definition) is 4. The second-order valence-corrected chi connectivity index (χ2v) is 8.37. The second kappa shape index (κ2) is 7.79. The van der Waals surface area contributed by atoms with Gasteiger partial charge in [0.2, 0.25) is 5.91 Å². The molecule has 0 aliphatic rings. The Balaban J connectivity index is 1.51. The summed E-state index contributed by atoms with van der Waals surface area (Å²) in [7, 11) is 0. The normalized spacial score (nSPS) is 11.3. The van der Waals surface area contributed by atoms with Crippen molar-refractivity contribution in [2.24, 2.45) is 0 Å². The van der Waals surface area contributed by atoms with E-state index in [4.69, 9.17) is 0 Å². The quantitative estimate of drug-likeness (QED) is 0.511. The Labute approximate surface area is 173 Å². The summed E-state index contributed by atoms with van der Waals surface area (Å²) >= 11 is 1.60. The SMILES string of the molecule is Cc1cccc(NC(=O)CCCn2nc(C)c3sc4ccccc4c3c2=O)c1C. The Bertz CT molecular complexity index is 1290. The van der Waals surface area contributed by atoms with Crippen molar-refractivity contribution in [3.8, 4) is 0 Å². The zero-order valence-electron chi connectivity index (χ0n) is 16.8. The number of hydrogen-bond donors (Lipinski definition) is 1. The van der Waals surface area contributed by atoms with Gasteiger partial charge in [-0.3, -0.25) is 9.59 Å². The fraction of sp³-hybridized carbons (Fsp3) is 0.261. The van der Waals surface area contributed by atoms with E-state index in [-0.39, 0.29) is 11.5 Å². The third-order valence-electron chi connectivity index (χ3n) is 5.30. The molecule has 2 heterocycles.